The minimum Gasteiger partial charge on any atom is -0.489 e. The average Bonchev–Trinajstić information content (AvgIpc) is 2.99. The molecule has 0 saturated carbocycles. The maximum absolute atomic E-state index is 12.5. The van der Waals surface area contributed by atoms with Crippen LogP contribution in [-0.2, 0) is 4.79 Å². The molecule has 2 heterocycles. The Labute approximate surface area is 116 Å². The zero-order valence-corrected chi connectivity index (χ0v) is 11.0. The molecule has 6 nitrogen and oxygen atoms in total. The number of rotatable bonds is 2. The number of carboxylic acid groups (broad SMARTS) is 1. The van der Waals surface area contributed by atoms with Crippen molar-refractivity contribution >= 4 is 17.6 Å². The number of carbonyl (C=O) groups is 2. The Morgan fingerprint density at radius 1 is 1.40 bits per heavy atom. The van der Waals surface area contributed by atoms with Crippen LogP contribution in [0.25, 0.3) is 0 Å². The van der Waals surface area contributed by atoms with E-state index in [1.807, 2.05) is 0 Å². The van der Waals surface area contributed by atoms with Crippen LogP contribution in [-0.4, -0.2) is 42.7 Å². The molecule has 0 spiro atoms. The molecule has 6 heteroatoms. The first kappa shape index (κ1) is 12.9. The summed E-state index contributed by atoms with van der Waals surface area (Å²) in [5.41, 5.74) is 0.647. The predicted octanol–water partition coefficient (Wildman–Crippen LogP) is 0.862. The minimum atomic E-state index is -1.05. The Hall–Kier alpha value is -2.08. The molecule has 0 aliphatic carbocycles. The van der Waals surface area contributed by atoms with Crippen molar-refractivity contribution < 1.29 is 19.4 Å². The summed E-state index contributed by atoms with van der Waals surface area (Å²) in [6.45, 7) is 1.62. The molecule has 1 fully saturated rings. The van der Waals surface area contributed by atoms with Gasteiger partial charge in [-0.3, -0.25) is 4.79 Å². The van der Waals surface area contributed by atoms with Crippen LogP contribution in [0.4, 0.5) is 5.69 Å². The number of ether oxygens (including phenoxy) is 1. The second-order valence-electron chi connectivity index (χ2n) is 4.95. The number of nitrogens with one attached hydrogen (secondary N) is 1. The highest BCUT2D eigenvalue weighted by Gasteiger charge is 2.32. The first-order valence-electron chi connectivity index (χ1n) is 6.72. The highest BCUT2D eigenvalue weighted by Crippen LogP contribution is 2.35. The summed E-state index contributed by atoms with van der Waals surface area (Å²) in [5.74, 6) is -0.762. The second-order valence-corrected chi connectivity index (χ2v) is 4.95. The van der Waals surface area contributed by atoms with Gasteiger partial charge in [-0.15, -0.1) is 0 Å². The summed E-state index contributed by atoms with van der Waals surface area (Å²) in [7, 11) is 0. The number of aromatic carboxylic acids is 1. The lowest BCUT2D eigenvalue weighted by atomic mass is 10.1. The Morgan fingerprint density at radius 3 is 2.95 bits per heavy atom. The lowest BCUT2D eigenvalue weighted by Crippen LogP contribution is -2.47. The Morgan fingerprint density at radius 2 is 2.25 bits per heavy atom. The van der Waals surface area contributed by atoms with Gasteiger partial charge in [-0.05, 0) is 31.5 Å². The quantitative estimate of drug-likeness (QED) is 0.837. The van der Waals surface area contributed by atoms with Gasteiger partial charge in [0.25, 0.3) is 0 Å². The first-order chi connectivity index (χ1) is 9.68. The van der Waals surface area contributed by atoms with E-state index in [0.717, 1.165) is 19.4 Å². The van der Waals surface area contributed by atoms with Gasteiger partial charge in [-0.1, -0.05) is 6.07 Å². The summed E-state index contributed by atoms with van der Waals surface area (Å²) in [6.07, 6.45) is 1.81. The number of benzene rings is 1. The van der Waals surface area contributed by atoms with Gasteiger partial charge in [0.05, 0.1) is 18.3 Å². The molecular weight excluding hydrogens is 260 g/mol. The molecule has 2 N–H and O–H groups in total. The van der Waals surface area contributed by atoms with Crippen LogP contribution in [0.15, 0.2) is 18.2 Å². The smallest absolute Gasteiger partial charge is 0.339 e. The number of anilines is 1. The molecule has 0 unspecified atom stereocenters. The Kier molecular flexibility index (Phi) is 3.31. The van der Waals surface area contributed by atoms with Gasteiger partial charge in [0.15, 0.2) is 5.75 Å². The molecule has 106 valence electrons. The fraction of sp³-hybridized carbons (Fsp3) is 0.429. The van der Waals surface area contributed by atoms with Crippen molar-refractivity contribution in [2.24, 2.45) is 0 Å². The molecule has 1 saturated heterocycles. The maximum Gasteiger partial charge on any atom is 0.339 e. The molecule has 1 aromatic rings. The van der Waals surface area contributed by atoms with Crippen molar-refractivity contribution in [3.8, 4) is 5.75 Å². The van der Waals surface area contributed by atoms with Gasteiger partial charge >= 0.3 is 5.97 Å². The van der Waals surface area contributed by atoms with Crippen LogP contribution in [0, 0.1) is 0 Å². The van der Waals surface area contributed by atoms with Crippen LogP contribution in [0.2, 0.25) is 0 Å². The third kappa shape index (κ3) is 2.12. The van der Waals surface area contributed by atoms with Crippen LogP contribution in [0.1, 0.15) is 23.2 Å². The Balaban J connectivity index is 1.95. The molecule has 0 radical (unpaired) electrons. The van der Waals surface area contributed by atoms with E-state index < -0.39 is 5.97 Å². The first-order valence-corrected chi connectivity index (χ1v) is 6.72. The van der Waals surface area contributed by atoms with Crippen molar-refractivity contribution in [2.75, 3.05) is 24.6 Å². The largest absolute Gasteiger partial charge is 0.489 e. The molecule has 20 heavy (non-hydrogen) atoms. The van der Waals surface area contributed by atoms with Gasteiger partial charge < -0.3 is 20.1 Å². The summed E-state index contributed by atoms with van der Waals surface area (Å²) in [5, 5.41) is 12.4. The zero-order chi connectivity index (χ0) is 14.1. The summed E-state index contributed by atoms with van der Waals surface area (Å²) < 4.78 is 5.46. The van der Waals surface area contributed by atoms with E-state index in [9.17, 15) is 14.7 Å². The van der Waals surface area contributed by atoms with Gasteiger partial charge in [-0.25, -0.2) is 4.79 Å². The molecule has 3 rings (SSSR count). The Bertz CT molecular complexity index is 552. The van der Waals surface area contributed by atoms with Gasteiger partial charge in [-0.2, -0.15) is 0 Å². The molecule has 1 amide bonds. The van der Waals surface area contributed by atoms with Crippen LogP contribution < -0.4 is 15.0 Å². The van der Waals surface area contributed by atoms with Crippen LogP contribution in [0.5, 0.6) is 5.75 Å². The van der Waals surface area contributed by atoms with Gasteiger partial charge in [0, 0.05) is 0 Å². The average molecular weight is 276 g/mol. The summed E-state index contributed by atoms with van der Waals surface area (Å²) >= 11 is 0. The minimum absolute atomic E-state index is 0.00501. The number of hydrogen-bond acceptors (Lipinski definition) is 4. The number of carbonyl (C=O) groups excluding carboxylic acids is 1. The lowest BCUT2D eigenvalue weighted by molar-refractivity contribution is -0.120. The molecule has 2 aliphatic heterocycles. The molecular formula is C14H16N2O4. The normalized spacial score (nSPS) is 21.2. The highest BCUT2D eigenvalue weighted by molar-refractivity contribution is 6.02. The molecule has 1 aromatic carbocycles. The van der Waals surface area contributed by atoms with E-state index in [4.69, 9.17) is 4.74 Å². The number of hydrogen-bond donors (Lipinski definition) is 2. The third-order valence-electron chi connectivity index (χ3n) is 3.70. The molecule has 0 aromatic heterocycles. The van der Waals surface area contributed by atoms with Crippen molar-refractivity contribution in [2.45, 2.75) is 18.9 Å². The summed E-state index contributed by atoms with van der Waals surface area (Å²) in [4.78, 5) is 25.3. The van der Waals surface area contributed by atoms with E-state index in [0.29, 0.717) is 18.8 Å². The number of fused-ring (bicyclic) bond motifs is 1. The standard InChI is InChI=1S/C14H16N2O4/c17-13(10-4-2-6-15-10)16-7-8-20-12-9(14(18)19)3-1-5-11(12)16/h1,3,5,10,15H,2,4,6-8H2,(H,18,19)/t10-/m1/s1. The number of nitrogens with zero attached hydrogens (tertiary/aromatic N) is 1. The predicted molar refractivity (Wildman–Crippen MR) is 72.3 cm³/mol. The second kappa shape index (κ2) is 5.13. The lowest BCUT2D eigenvalue weighted by Gasteiger charge is -2.32. The van der Waals surface area contributed by atoms with Gasteiger partial charge in [0.1, 0.15) is 12.2 Å². The monoisotopic (exact) mass is 276 g/mol. The van der Waals surface area contributed by atoms with E-state index in [1.54, 1.807) is 17.0 Å². The van der Waals surface area contributed by atoms with Crippen molar-refractivity contribution in [1.82, 2.24) is 5.32 Å². The van der Waals surface area contributed by atoms with Crippen LogP contribution in [0.3, 0.4) is 0 Å². The molecule has 1 atom stereocenters. The number of amides is 1. The number of para-hydroxylation sites is 1. The van der Waals surface area contributed by atoms with Crippen molar-refractivity contribution in [3.63, 3.8) is 0 Å². The molecule has 2 aliphatic rings. The summed E-state index contributed by atoms with van der Waals surface area (Å²) in [6, 6.07) is 4.69. The number of carboxylic acids is 1. The zero-order valence-electron chi connectivity index (χ0n) is 11.0. The third-order valence-corrected chi connectivity index (χ3v) is 3.70. The SMILES string of the molecule is O=C(O)c1cccc2c1OCCN2C(=O)[C@H]1CCCN1. The van der Waals surface area contributed by atoms with E-state index in [1.165, 1.54) is 6.07 Å². The topological polar surface area (TPSA) is 78.9 Å². The maximum atomic E-state index is 12.5. The fourth-order valence-corrected chi connectivity index (χ4v) is 2.73. The van der Waals surface area contributed by atoms with Gasteiger partial charge in [0.2, 0.25) is 5.91 Å². The van der Waals surface area contributed by atoms with E-state index in [2.05, 4.69) is 5.32 Å². The fourth-order valence-electron chi connectivity index (χ4n) is 2.73. The van der Waals surface area contributed by atoms with Crippen molar-refractivity contribution in [1.29, 1.82) is 0 Å². The highest BCUT2D eigenvalue weighted by atomic mass is 16.5. The van der Waals surface area contributed by atoms with Crippen LogP contribution >= 0.6 is 0 Å². The van der Waals surface area contributed by atoms with E-state index >= 15 is 0 Å². The molecule has 0 bridgehead atoms. The van der Waals surface area contributed by atoms with Crippen molar-refractivity contribution in [3.05, 3.63) is 23.8 Å². The van der Waals surface area contributed by atoms with E-state index in [-0.39, 0.29) is 23.3 Å².